The first-order chi connectivity index (χ1) is 15.4. The van der Waals surface area contributed by atoms with Gasteiger partial charge in [-0.15, -0.1) is 0 Å². The Bertz CT molecular complexity index is 1200. The second-order valence-corrected chi connectivity index (χ2v) is 8.21. The van der Waals surface area contributed by atoms with Gasteiger partial charge in [-0.05, 0) is 18.1 Å². The van der Waals surface area contributed by atoms with E-state index >= 15 is 0 Å². The predicted octanol–water partition coefficient (Wildman–Crippen LogP) is 3.32. The van der Waals surface area contributed by atoms with E-state index in [-0.39, 0.29) is 0 Å². The van der Waals surface area contributed by atoms with E-state index in [1.165, 1.54) is 14.1 Å². The Labute approximate surface area is 184 Å². The molecule has 2 atom stereocenters. The highest BCUT2D eigenvalue weighted by Crippen LogP contribution is 2.58. The standard InChI is InChI=1S/C24H22N4O4/c1-14-17-18(15-10-6-4-7-11-15)24(21(29)27(2)23(31)28(3)22(24)30)19(25-20(17)26-32-14)16-12-8-5-9-13-16/h4-13,18-19H,1-3H3,(H,25,26). The van der Waals surface area contributed by atoms with Crippen LogP contribution < -0.4 is 5.32 Å². The van der Waals surface area contributed by atoms with Crippen LogP contribution in [0.5, 0.6) is 0 Å². The van der Waals surface area contributed by atoms with E-state index in [9.17, 15) is 14.4 Å². The van der Waals surface area contributed by atoms with Crippen LogP contribution in [-0.2, 0) is 9.59 Å². The summed E-state index contributed by atoms with van der Waals surface area (Å²) >= 11 is 0. The highest BCUT2D eigenvalue weighted by atomic mass is 16.5. The largest absolute Gasteiger partial charge is 0.359 e. The SMILES string of the molecule is Cc1onc2c1C(c1ccccc1)C1(C(=O)N(C)C(=O)N(C)C1=O)C(c1ccccc1)N2. The monoisotopic (exact) mass is 430 g/mol. The number of hydrogen-bond acceptors (Lipinski definition) is 6. The molecule has 1 N–H and O–H groups in total. The number of imide groups is 2. The van der Waals surface area contributed by atoms with Crippen molar-refractivity contribution >= 4 is 23.7 Å². The number of aryl methyl sites for hydroxylation is 1. The zero-order valence-corrected chi connectivity index (χ0v) is 17.9. The topological polar surface area (TPSA) is 95.8 Å². The van der Waals surface area contributed by atoms with Gasteiger partial charge in [0, 0.05) is 25.6 Å². The van der Waals surface area contributed by atoms with Crippen LogP contribution in [0.1, 0.15) is 34.4 Å². The molecule has 3 aromatic rings. The number of urea groups is 1. The van der Waals surface area contributed by atoms with Gasteiger partial charge >= 0.3 is 6.03 Å². The highest BCUT2D eigenvalue weighted by molar-refractivity contribution is 6.20. The van der Waals surface area contributed by atoms with Crippen LogP contribution in [0.3, 0.4) is 0 Å². The average molecular weight is 430 g/mol. The Balaban J connectivity index is 1.89. The molecule has 0 bridgehead atoms. The van der Waals surface area contributed by atoms with Gasteiger partial charge in [0.2, 0.25) is 11.8 Å². The highest BCUT2D eigenvalue weighted by Gasteiger charge is 2.67. The lowest BCUT2D eigenvalue weighted by atomic mass is 9.59. The Morgan fingerprint density at radius 1 is 0.875 bits per heavy atom. The Hall–Kier alpha value is -3.94. The van der Waals surface area contributed by atoms with Crippen LogP contribution in [0.25, 0.3) is 0 Å². The number of aromatic nitrogens is 1. The number of nitrogens with zero attached hydrogens (tertiary/aromatic N) is 3. The van der Waals surface area contributed by atoms with E-state index in [0.717, 1.165) is 20.9 Å². The van der Waals surface area contributed by atoms with Crippen molar-refractivity contribution in [3.8, 4) is 0 Å². The molecule has 0 radical (unpaired) electrons. The van der Waals surface area contributed by atoms with Crippen molar-refractivity contribution in [3.63, 3.8) is 0 Å². The number of anilines is 1. The van der Waals surface area contributed by atoms with E-state index in [1.54, 1.807) is 6.92 Å². The molecule has 0 saturated carbocycles. The van der Waals surface area contributed by atoms with E-state index in [4.69, 9.17) is 4.52 Å². The Morgan fingerprint density at radius 3 is 1.97 bits per heavy atom. The van der Waals surface area contributed by atoms with Crippen molar-refractivity contribution in [1.82, 2.24) is 15.0 Å². The third-order valence-electron chi connectivity index (χ3n) is 6.55. The van der Waals surface area contributed by atoms with Gasteiger partial charge in [0.1, 0.15) is 5.76 Å². The number of rotatable bonds is 2. The maximum atomic E-state index is 14.0. The lowest BCUT2D eigenvalue weighted by Crippen LogP contribution is -2.68. The van der Waals surface area contributed by atoms with Gasteiger partial charge in [-0.1, -0.05) is 65.8 Å². The first-order valence-electron chi connectivity index (χ1n) is 10.3. The second kappa shape index (κ2) is 7.05. The third kappa shape index (κ3) is 2.49. The van der Waals surface area contributed by atoms with Gasteiger partial charge in [-0.25, -0.2) is 4.79 Å². The summed E-state index contributed by atoms with van der Waals surface area (Å²) in [6, 6.07) is 17.2. The van der Waals surface area contributed by atoms with Crippen molar-refractivity contribution < 1.29 is 18.9 Å². The minimum absolute atomic E-state index is 0.485. The summed E-state index contributed by atoms with van der Waals surface area (Å²) < 4.78 is 5.50. The number of carbonyl (C=O) groups is 3. The van der Waals surface area contributed by atoms with Gasteiger partial charge in [-0.2, -0.15) is 0 Å². The molecule has 162 valence electrons. The van der Waals surface area contributed by atoms with Crippen molar-refractivity contribution in [2.75, 3.05) is 19.4 Å². The molecule has 4 amide bonds. The number of hydrogen-bond donors (Lipinski definition) is 1. The van der Waals surface area contributed by atoms with E-state index < -0.39 is 35.2 Å². The smallest absolute Gasteiger partial charge is 0.332 e. The fourth-order valence-corrected chi connectivity index (χ4v) is 5.07. The van der Waals surface area contributed by atoms with E-state index in [0.29, 0.717) is 17.1 Å². The number of barbiturate groups is 1. The van der Waals surface area contributed by atoms with E-state index in [2.05, 4.69) is 10.5 Å². The molecule has 8 nitrogen and oxygen atoms in total. The number of amides is 4. The Kier molecular flexibility index (Phi) is 4.40. The molecular weight excluding hydrogens is 408 g/mol. The summed E-state index contributed by atoms with van der Waals surface area (Å²) in [6.45, 7) is 1.76. The fraction of sp³-hybridized carbons (Fsp3) is 0.250. The molecule has 2 aliphatic rings. The number of nitrogens with one attached hydrogen (secondary N) is 1. The molecular formula is C24H22N4O4. The quantitative estimate of drug-likeness (QED) is 0.627. The van der Waals surface area contributed by atoms with Crippen LogP contribution in [0.4, 0.5) is 10.6 Å². The van der Waals surface area contributed by atoms with Gasteiger partial charge < -0.3 is 9.84 Å². The summed E-state index contributed by atoms with van der Waals surface area (Å²) in [5.74, 6) is -0.845. The number of fused-ring (bicyclic) bond motifs is 1. The number of carbonyl (C=O) groups excluding carboxylic acids is 3. The van der Waals surface area contributed by atoms with Crippen LogP contribution in [0.15, 0.2) is 65.2 Å². The molecule has 3 heterocycles. The van der Waals surface area contributed by atoms with Crippen LogP contribution in [0, 0.1) is 12.3 Å². The van der Waals surface area contributed by atoms with Crippen molar-refractivity contribution in [3.05, 3.63) is 83.1 Å². The van der Waals surface area contributed by atoms with Crippen molar-refractivity contribution in [2.45, 2.75) is 18.9 Å². The maximum absolute atomic E-state index is 14.0. The average Bonchev–Trinajstić information content (AvgIpc) is 3.20. The van der Waals surface area contributed by atoms with Gasteiger partial charge in [0.25, 0.3) is 0 Å². The summed E-state index contributed by atoms with van der Waals surface area (Å²) in [5.41, 5.74) is 0.475. The fourth-order valence-electron chi connectivity index (χ4n) is 5.07. The maximum Gasteiger partial charge on any atom is 0.332 e. The first-order valence-corrected chi connectivity index (χ1v) is 10.3. The lowest BCUT2D eigenvalue weighted by molar-refractivity contribution is -0.160. The predicted molar refractivity (Wildman–Crippen MR) is 116 cm³/mol. The zero-order valence-electron chi connectivity index (χ0n) is 17.9. The van der Waals surface area contributed by atoms with Gasteiger partial charge in [-0.3, -0.25) is 19.4 Å². The summed E-state index contributed by atoms with van der Waals surface area (Å²) in [6.07, 6.45) is 0. The normalized spacial score (nSPS) is 22.2. The molecule has 1 fully saturated rings. The van der Waals surface area contributed by atoms with E-state index in [1.807, 2.05) is 60.7 Å². The summed E-state index contributed by atoms with van der Waals surface area (Å²) in [4.78, 5) is 42.8. The van der Waals surface area contributed by atoms with Gasteiger partial charge in [0.05, 0.1) is 6.04 Å². The third-order valence-corrected chi connectivity index (χ3v) is 6.55. The molecule has 2 unspecified atom stereocenters. The number of benzene rings is 2. The summed E-state index contributed by atoms with van der Waals surface area (Å²) in [5, 5.41) is 7.49. The molecule has 0 aliphatic carbocycles. The van der Waals surface area contributed by atoms with Crippen molar-refractivity contribution in [1.29, 1.82) is 0 Å². The molecule has 1 spiro atoms. The molecule has 32 heavy (non-hydrogen) atoms. The lowest BCUT2D eigenvalue weighted by Gasteiger charge is -2.51. The zero-order chi connectivity index (χ0) is 22.6. The van der Waals surface area contributed by atoms with Crippen LogP contribution in [0.2, 0.25) is 0 Å². The Morgan fingerprint density at radius 2 is 1.41 bits per heavy atom. The molecule has 2 aliphatic heterocycles. The van der Waals surface area contributed by atoms with Crippen LogP contribution >= 0.6 is 0 Å². The molecule has 2 aromatic carbocycles. The first kappa shape index (κ1) is 20.0. The van der Waals surface area contributed by atoms with Crippen molar-refractivity contribution in [2.24, 2.45) is 5.41 Å². The van der Waals surface area contributed by atoms with Gasteiger partial charge in [0.15, 0.2) is 11.2 Å². The minimum Gasteiger partial charge on any atom is -0.359 e. The molecule has 8 heteroatoms. The minimum atomic E-state index is -1.66. The molecule has 1 aromatic heterocycles. The molecule has 5 rings (SSSR count). The van der Waals surface area contributed by atoms with Crippen LogP contribution in [-0.4, -0.2) is 46.9 Å². The summed E-state index contributed by atoms with van der Waals surface area (Å²) in [7, 11) is 2.82. The molecule has 1 saturated heterocycles. The second-order valence-electron chi connectivity index (χ2n) is 8.21.